The first-order valence-electron chi connectivity index (χ1n) is 9.73. The molecule has 0 heterocycles. The number of hydrogen-bond donors (Lipinski definition) is 1. The van der Waals surface area contributed by atoms with E-state index in [0.29, 0.717) is 0 Å². The van der Waals surface area contributed by atoms with Gasteiger partial charge in [-0.15, -0.1) is 0 Å². The van der Waals surface area contributed by atoms with Crippen molar-refractivity contribution in [2.24, 2.45) is 0 Å². The lowest BCUT2D eigenvalue weighted by atomic mass is 9.62. The molecule has 28 heavy (non-hydrogen) atoms. The average molecular weight is 376 g/mol. The lowest BCUT2D eigenvalue weighted by Crippen LogP contribution is -2.34. The van der Waals surface area contributed by atoms with E-state index in [1.807, 2.05) is 6.92 Å². The molecule has 3 nitrogen and oxygen atoms in total. The molecule has 3 heteroatoms. The molecule has 1 aliphatic carbocycles. The van der Waals surface area contributed by atoms with Gasteiger partial charge in [0, 0.05) is 5.56 Å². The summed E-state index contributed by atoms with van der Waals surface area (Å²) in [6.45, 7) is 11.1. The van der Waals surface area contributed by atoms with Crippen LogP contribution in [0.5, 0.6) is 0 Å². The van der Waals surface area contributed by atoms with Crippen LogP contribution in [0.25, 0.3) is 6.08 Å². The predicted octanol–water partition coefficient (Wildman–Crippen LogP) is 5.94. The molecule has 2 aromatic rings. The Hall–Kier alpha value is -2.68. The van der Waals surface area contributed by atoms with Gasteiger partial charge in [-0.1, -0.05) is 52.0 Å². The van der Waals surface area contributed by atoms with Gasteiger partial charge in [0.25, 0.3) is 0 Å². The third kappa shape index (κ3) is 3.80. The second-order valence-corrected chi connectivity index (χ2v) is 9.11. The van der Waals surface area contributed by atoms with Crippen molar-refractivity contribution in [2.75, 3.05) is 0 Å². The Balaban J connectivity index is 1.93. The van der Waals surface area contributed by atoms with Crippen LogP contribution in [-0.2, 0) is 10.8 Å². The van der Waals surface area contributed by atoms with E-state index in [4.69, 9.17) is 5.11 Å². The smallest absolute Gasteiger partial charge is 0.335 e. The van der Waals surface area contributed by atoms with Gasteiger partial charge >= 0.3 is 5.97 Å². The lowest BCUT2D eigenvalue weighted by molar-refractivity contribution is 0.0696. The van der Waals surface area contributed by atoms with Crippen LogP contribution >= 0.6 is 0 Å². The van der Waals surface area contributed by atoms with E-state index in [2.05, 4.69) is 39.8 Å². The van der Waals surface area contributed by atoms with Crippen molar-refractivity contribution >= 4 is 17.8 Å². The van der Waals surface area contributed by atoms with Crippen molar-refractivity contribution < 1.29 is 14.7 Å². The molecule has 0 bridgehead atoms. The SMILES string of the molecule is Cc1cc2c(cc1C(=O)/C=C/c1ccc(C(=O)O)cc1)C(C)(C)CCC2(C)C. The Bertz CT molecular complexity index is 960. The molecule has 0 fully saturated rings. The molecule has 0 aliphatic heterocycles. The number of hydrogen-bond acceptors (Lipinski definition) is 2. The number of carboxylic acids is 1. The van der Waals surface area contributed by atoms with E-state index in [9.17, 15) is 9.59 Å². The first-order chi connectivity index (χ1) is 13.0. The molecular formula is C25H28O3. The normalized spacial score (nSPS) is 17.3. The Morgan fingerprint density at radius 3 is 2.00 bits per heavy atom. The third-order valence-electron chi connectivity index (χ3n) is 6.05. The summed E-state index contributed by atoms with van der Waals surface area (Å²) in [5.41, 5.74) is 5.59. The minimum absolute atomic E-state index is 0.0261. The zero-order chi connectivity index (χ0) is 20.7. The Kier molecular flexibility index (Phi) is 5.05. The molecule has 0 saturated heterocycles. The minimum Gasteiger partial charge on any atom is -0.478 e. The molecule has 0 saturated carbocycles. The van der Waals surface area contributed by atoms with Crippen LogP contribution < -0.4 is 0 Å². The highest BCUT2D eigenvalue weighted by atomic mass is 16.4. The number of benzene rings is 2. The third-order valence-corrected chi connectivity index (χ3v) is 6.05. The van der Waals surface area contributed by atoms with Gasteiger partial charge < -0.3 is 5.11 Å². The van der Waals surface area contributed by atoms with Crippen molar-refractivity contribution in [1.29, 1.82) is 0 Å². The predicted molar refractivity (Wildman–Crippen MR) is 113 cm³/mol. The summed E-state index contributed by atoms with van der Waals surface area (Å²) in [5.74, 6) is -0.983. The number of fused-ring (bicyclic) bond motifs is 1. The van der Waals surface area contributed by atoms with Gasteiger partial charge in [0.1, 0.15) is 0 Å². The van der Waals surface area contributed by atoms with Crippen LogP contribution in [-0.4, -0.2) is 16.9 Å². The van der Waals surface area contributed by atoms with Crippen molar-refractivity contribution in [1.82, 2.24) is 0 Å². The zero-order valence-electron chi connectivity index (χ0n) is 17.3. The van der Waals surface area contributed by atoms with Crippen molar-refractivity contribution in [3.05, 3.63) is 75.9 Å². The highest BCUT2D eigenvalue weighted by Crippen LogP contribution is 2.46. The molecule has 146 valence electrons. The van der Waals surface area contributed by atoms with Crippen LogP contribution in [0, 0.1) is 6.92 Å². The Morgan fingerprint density at radius 1 is 0.929 bits per heavy atom. The van der Waals surface area contributed by atoms with Gasteiger partial charge in [0.05, 0.1) is 5.56 Å². The summed E-state index contributed by atoms with van der Waals surface area (Å²) in [5, 5.41) is 8.98. The summed E-state index contributed by atoms with van der Waals surface area (Å²) in [6.07, 6.45) is 5.56. The highest BCUT2D eigenvalue weighted by molar-refractivity contribution is 6.08. The fraction of sp³-hybridized carbons (Fsp3) is 0.360. The molecule has 0 amide bonds. The molecule has 0 spiro atoms. The fourth-order valence-corrected chi connectivity index (χ4v) is 3.99. The van der Waals surface area contributed by atoms with Gasteiger partial charge in [0.2, 0.25) is 0 Å². The summed E-state index contributed by atoms with van der Waals surface area (Å²) in [4.78, 5) is 23.8. The molecule has 2 aromatic carbocycles. The van der Waals surface area contributed by atoms with Gasteiger partial charge in [-0.25, -0.2) is 4.79 Å². The topological polar surface area (TPSA) is 54.4 Å². The lowest BCUT2D eigenvalue weighted by Gasteiger charge is -2.42. The number of aryl methyl sites for hydroxylation is 1. The van der Waals surface area contributed by atoms with Crippen LogP contribution in [0.15, 0.2) is 42.5 Å². The molecule has 0 radical (unpaired) electrons. The first-order valence-corrected chi connectivity index (χ1v) is 9.73. The monoisotopic (exact) mass is 376 g/mol. The van der Waals surface area contributed by atoms with E-state index in [-0.39, 0.29) is 22.2 Å². The van der Waals surface area contributed by atoms with E-state index < -0.39 is 5.97 Å². The number of carbonyl (C=O) groups is 2. The largest absolute Gasteiger partial charge is 0.478 e. The first kappa shape index (κ1) is 20.1. The number of carbonyl (C=O) groups excluding carboxylic acids is 1. The fourth-order valence-electron chi connectivity index (χ4n) is 3.99. The van der Waals surface area contributed by atoms with Crippen LogP contribution in [0.1, 0.15) is 83.5 Å². The van der Waals surface area contributed by atoms with E-state index in [1.54, 1.807) is 36.4 Å². The highest BCUT2D eigenvalue weighted by Gasteiger charge is 2.37. The van der Waals surface area contributed by atoms with E-state index in [0.717, 1.165) is 29.5 Å². The molecule has 0 aromatic heterocycles. The summed E-state index contributed by atoms with van der Waals surface area (Å²) >= 11 is 0. The number of ketones is 1. The number of aromatic carboxylic acids is 1. The molecule has 1 aliphatic rings. The average Bonchev–Trinajstić information content (AvgIpc) is 2.63. The second kappa shape index (κ2) is 7.05. The summed E-state index contributed by atoms with van der Waals surface area (Å²) < 4.78 is 0. The summed E-state index contributed by atoms with van der Waals surface area (Å²) in [7, 11) is 0. The van der Waals surface area contributed by atoms with Crippen molar-refractivity contribution in [2.45, 2.75) is 58.3 Å². The maximum Gasteiger partial charge on any atom is 0.335 e. The van der Waals surface area contributed by atoms with E-state index in [1.165, 1.54) is 11.1 Å². The molecular weight excluding hydrogens is 348 g/mol. The van der Waals surface area contributed by atoms with Gasteiger partial charge in [-0.05, 0) is 77.1 Å². The number of carboxylic acid groups (broad SMARTS) is 1. The second-order valence-electron chi connectivity index (χ2n) is 9.11. The van der Waals surface area contributed by atoms with Crippen LogP contribution in [0.4, 0.5) is 0 Å². The van der Waals surface area contributed by atoms with Crippen LogP contribution in [0.3, 0.4) is 0 Å². The molecule has 3 rings (SSSR count). The maximum atomic E-state index is 12.9. The van der Waals surface area contributed by atoms with Crippen LogP contribution in [0.2, 0.25) is 0 Å². The standard InChI is InChI=1S/C25H28O3/c1-16-14-20-21(25(4,5)13-12-24(20,2)3)15-19(16)22(26)11-8-17-6-9-18(10-7-17)23(27)28/h6-11,14-15H,12-13H2,1-5H3,(H,27,28)/b11-8+. The molecule has 1 N–H and O–H groups in total. The Labute approximate surface area is 167 Å². The van der Waals surface area contributed by atoms with Crippen molar-refractivity contribution in [3.63, 3.8) is 0 Å². The Morgan fingerprint density at radius 2 is 1.46 bits per heavy atom. The van der Waals surface area contributed by atoms with Gasteiger partial charge in [0.15, 0.2) is 5.78 Å². The number of allylic oxidation sites excluding steroid dienone is 1. The molecule has 0 unspecified atom stereocenters. The van der Waals surface area contributed by atoms with Crippen molar-refractivity contribution in [3.8, 4) is 0 Å². The minimum atomic E-state index is -0.957. The quantitative estimate of drug-likeness (QED) is 0.531. The van der Waals surface area contributed by atoms with Gasteiger partial charge in [-0.2, -0.15) is 0 Å². The maximum absolute atomic E-state index is 12.9. The van der Waals surface area contributed by atoms with E-state index >= 15 is 0 Å². The summed E-state index contributed by atoms with van der Waals surface area (Å²) in [6, 6.07) is 10.8. The molecule has 0 atom stereocenters. The number of rotatable bonds is 4. The zero-order valence-corrected chi connectivity index (χ0v) is 17.3. The van der Waals surface area contributed by atoms with Gasteiger partial charge in [-0.3, -0.25) is 4.79 Å².